The molecule has 140 valence electrons. The number of fused-ring (bicyclic) bond motifs is 3. The summed E-state index contributed by atoms with van der Waals surface area (Å²) in [6.45, 7) is 0. The zero-order chi connectivity index (χ0) is 19.3. The second-order valence-electron chi connectivity index (χ2n) is 6.90. The molecule has 2 aliphatic heterocycles. The van der Waals surface area contributed by atoms with Crippen molar-refractivity contribution >= 4 is 38.6 Å². The molecule has 2 bridgehead atoms. The third-order valence-corrected chi connectivity index (χ3v) is 6.15. The number of anilines is 1. The Morgan fingerprint density at radius 2 is 1.75 bits per heavy atom. The van der Waals surface area contributed by atoms with E-state index in [0.717, 1.165) is 21.3 Å². The number of thiazole rings is 1. The molecule has 3 heterocycles. The summed E-state index contributed by atoms with van der Waals surface area (Å²) >= 11 is 1.37. The highest BCUT2D eigenvalue weighted by Gasteiger charge is 2.53. The normalized spacial score (nSPS) is 25.3. The zero-order valence-electron chi connectivity index (χ0n) is 14.6. The lowest BCUT2D eigenvalue weighted by Crippen LogP contribution is -2.39. The molecule has 1 aromatic heterocycles. The van der Waals surface area contributed by atoms with Crippen LogP contribution < -0.4 is 5.32 Å². The minimum absolute atomic E-state index is 0.369. The van der Waals surface area contributed by atoms with Crippen LogP contribution in [0, 0.1) is 11.8 Å². The summed E-state index contributed by atoms with van der Waals surface area (Å²) in [7, 11) is 0. The standard InChI is InChI=1S/C21H16N2O4S/c24-19(17-14-8-9-15(27-14)18(17)20(25)26)23-21-22-13-7-6-12(10-16(13)28-21)11-4-2-1-3-5-11/h1-10,14-15,17-18H,(H,25,26)(H,22,23,24). The van der Waals surface area contributed by atoms with E-state index in [9.17, 15) is 14.7 Å². The molecule has 0 aliphatic carbocycles. The SMILES string of the molecule is O=C(O)C1C2C=CC(O2)C1C(=O)Nc1nc2ccc(-c3ccccc3)cc2s1. The summed E-state index contributed by atoms with van der Waals surface area (Å²) in [5.41, 5.74) is 2.98. The number of carboxylic acids is 1. The number of benzene rings is 2. The third-order valence-electron chi connectivity index (χ3n) is 5.21. The summed E-state index contributed by atoms with van der Waals surface area (Å²) in [4.78, 5) is 28.8. The van der Waals surface area contributed by atoms with Crippen molar-refractivity contribution in [3.63, 3.8) is 0 Å². The lowest BCUT2D eigenvalue weighted by molar-refractivity contribution is -0.145. The van der Waals surface area contributed by atoms with Crippen LogP contribution in [0.5, 0.6) is 0 Å². The minimum atomic E-state index is -1.02. The first-order chi connectivity index (χ1) is 13.6. The van der Waals surface area contributed by atoms with Gasteiger partial charge in [-0.2, -0.15) is 0 Å². The first kappa shape index (κ1) is 17.1. The third kappa shape index (κ3) is 2.80. The van der Waals surface area contributed by atoms with Crippen LogP contribution in [-0.2, 0) is 14.3 Å². The van der Waals surface area contributed by atoms with Gasteiger partial charge in [-0.3, -0.25) is 9.59 Å². The van der Waals surface area contributed by atoms with Gasteiger partial charge in [0.25, 0.3) is 0 Å². The summed E-state index contributed by atoms with van der Waals surface area (Å²) < 4.78 is 6.53. The van der Waals surface area contributed by atoms with Crippen LogP contribution in [0.2, 0.25) is 0 Å². The Bertz CT molecular complexity index is 1110. The number of hydrogen-bond donors (Lipinski definition) is 2. The smallest absolute Gasteiger partial charge is 0.310 e. The number of amides is 1. The van der Waals surface area contributed by atoms with Gasteiger partial charge in [0.1, 0.15) is 5.92 Å². The predicted octanol–water partition coefficient (Wildman–Crippen LogP) is 3.56. The van der Waals surface area contributed by atoms with Crippen molar-refractivity contribution in [3.05, 3.63) is 60.7 Å². The Labute approximate surface area is 164 Å². The Morgan fingerprint density at radius 3 is 2.50 bits per heavy atom. The highest BCUT2D eigenvalue weighted by Crippen LogP contribution is 2.40. The zero-order valence-corrected chi connectivity index (χ0v) is 15.4. The Morgan fingerprint density at radius 1 is 1.00 bits per heavy atom. The fraction of sp³-hybridized carbons (Fsp3) is 0.190. The van der Waals surface area contributed by atoms with Gasteiger partial charge in [-0.05, 0) is 23.3 Å². The first-order valence-corrected chi connectivity index (χ1v) is 9.75. The summed E-state index contributed by atoms with van der Waals surface area (Å²) in [6, 6.07) is 16.0. The second-order valence-corrected chi connectivity index (χ2v) is 7.93. The summed E-state index contributed by atoms with van der Waals surface area (Å²) in [5.74, 6) is -3.01. The van der Waals surface area contributed by atoms with E-state index in [1.165, 1.54) is 11.3 Å². The number of nitrogens with zero attached hydrogens (tertiary/aromatic N) is 1. The molecule has 0 radical (unpaired) electrons. The number of rotatable bonds is 4. The number of carboxylic acid groups (broad SMARTS) is 1. The van der Waals surface area contributed by atoms with Crippen molar-refractivity contribution in [2.45, 2.75) is 12.2 Å². The van der Waals surface area contributed by atoms with Gasteiger partial charge < -0.3 is 15.2 Å². The molecular formula is C21H16N2O4S. The molecule has 4 unspecified atom stereocenters. The fourth-order valence-electron chi connectivity index (χ4n) is 3.89. The van der Waals surface area contributed by atoms with E-state index in [0.29, 0.717) is 5.13 Å². The van der Waals surface area contributed by atoms with Crippen LogP contribution in [0.3, 0.4) is 0 Å². The molecule has 1 fully saturated rings. The first-order valence-electron chi connectivity index (χ1n) is 8.93. The molecule has 3 aromatic rings. The number of carbonyl (C=O) groups is 2. The minimum Gasteiger partial charge on any atom is -0.481 e. The maximum Gasteiger partial charge on any atom is 0.310 e. The van der Waals surface area contributed by atoms with E-state index in [4.69, 9.17) is 4.74 Å². The highest BCUT2D eigenvalue weighted by molar-refractivity contribution is 7.22. The molecule has 4 atom stereocenters. The number of aliphatic carboxylic acids is 1. The number of hydrogen-bond acceptors (Lipinski definition) is 5. The van der Waals surface area contributed by atoms with Gasteiger partial charge in [0.2, 0.25) is 5.91 Å². The summed E-state index contributed by atoms with van der Waals surface area (Å²) in [6.07, 6.45) is 2.45. The Balaban J connectivity index is 1.40. The molecule has 28 heavy (non-hydrogen) atoms. The largest absolute Gasteiger partial charge is 0.481 e. The van der Waals surface area contributed by atoms with E-state index >= 15 is 0 Å². The quantitative estimate of drug-likeness (QED) is 0.663. The Kier molecular flexibility index (Phi) is 3.99. The molecule has 2 N–H and O–H groups in total. The number of ether oxygens (including phenoxy) is 1. The van der Waals surface area contributed by atoms with Gasteiger partial charge in [0.05, 0.1) is 28.3 Å². The molecule has 0 spiro atoms. The molecule has 1 saturated heterocycles. The lowest BCUT2D eigenvalue weighted by atomic mass is 9.82. The van der Waals surface area contributed by atoms with Crippen molar-refractivity contribution in [2.24, 2.45) is 11.8 Å². The van der Waals surface area contributed by atoms with Gasteiger partial charge >= 0.3 is 5.97 Å². The second kappa shape index (κ2) is 6.54. The van der Waals surface area contributed by atoms with E-state index in [-0.39, 0.29) is 5.91 Å². The van der Waals surface area contributed by atoms with Crippen molar-refractivity contribution in [1.82, 2.24) is 4.98 Å². The molecular weight excluding hydrogens is 376 g/mol. The van der Waals surface area contributed by atoms with E-state index in [1.54, 1.807) is 12.2 Å². The lowest BCUT2D eigenvalue weighted by Gasteiger charge is -2.20. The Hall–Kier alpha value is -3.03. The molecule has 0 saturated carbocycles. The van der Waals surface area contributed by atoms with Crippen LogP contribution in [0.25, 0.3) is 21.3 Å². The topological polar surface area (TPSA) is 88.5 Å². The van der Waals surface area contributed by atoms with Crippen LogP contribution in [0.4, 0.5) is 5.13 Å². The molecule has 1 amide bonds. The maximum absolute atomic E-state index is 12.8. The molecule has 6 nitrogen and oxygen atoms in total. The van der Waals surface area contributed by atoms with Crippen LogP contribution in [0.1, 0.15) is 0 Å². The average Bonchev–Trinajstić information content (AvgIpc) is 3.41. The highest BCUT2D eigenvalue weighted by atomic mass is 32.1. The van der Waals surface area contributed by atoms with Crippen molar-refractivity contribution in [3.8, 4) is 11.1 Å². The number of aromatic nitrogens is 1. The summed E-state index contributed by atoms with van der Waals surface area (Å²) in [5, 5.41) is 12.7. The number of carbonyl (C=O) groups excluding carboxylic acids is 1. The number of nitrogens with one attached hydrogen (secondary N) is 1. The average molecular weight is 392 g/mol. The predicted molar refractivity (Wildman–Crippen MR) is 106 cm³/mol. The van der Waals surface area contributed by atoms with Crippen molar-refractivity contribution in [2.75, 3.05) is 5.32 Å². The van der Waals surface area contributed by atoms with Gasteiger partial charge in [0.15, 0.2) is 5.13 Å². The van der Waals surface area contributed by atoms with Gasteiger partial charge in [0, 0.05) is 0 Å². The molecule has 2 aliphatic rings. The van der Waals surface area contributed by atoms with Crippen LogP contribution >= 0.6 is 11.3 Å². The van der Waals surface area contributed by atoms with Crippen LogP contribution in [-0.4, -0.2) is 34.2 Å². The maximum atomic E-state index is 12.8. The van der Waals surface area contributed by atoms with E-state index in [1.807, 2.05) is 48.5 Å². The van der Waals surface area contributed by atoms with E-state index < -0.39 is 30.0 Å². The van der Waals surface area contributed by atoms with Crippen LogP contribution in [0.15, 0.2) is 60.7 Å². The van der Waals surface area contributed by atoms with Gasteiger partial charge in [-0.15, -0.1) is 0 Å². The van der Waals surface area contributed by atoms with Crippen molar-refractivity contribution < 1.29 is 19.4 Å². The van der Waals surface area contributed by atoms with E-state index in [2.05, 4.69) is 10.3 Å². The van der Waals surface area contributed by atoms with Crippen molar-refractivity contribution in [1.29, 1.82) is 0 Å². The van der Waals surface area contributed by atoms with Gasteiger partial charge in [-0.1, -0.05) is 59.9 Å². The molecule has 5 rings (SSSR count). The van der Waals surface area contributed by atoms with Gasteiger partial charge in [-0.25, -0.2) is 4.98 Å². The molecule has 7 heteroatoms. The monoisotopic (exact) mass is 392 g/mol. The molecule has 2 aromatic carbocycles. The fourth-order valence-corrected chi connectivity index (χ4v) is 4.80.